The van der Waals surface area contributed by atoms with Gasteiger partial charge in [0.15, 0.2) is 17.4 Å². The van der Waals surface area contributed by atoms with Gasteiger partial charge in [0.25, 0.3) is 5.78 Å². The number of anilines is 1. The van der Waals surface area contributed by atoms with E-state index in [1.807, 2.05) is 0 Å². The van der Waals surface area contributed by atoms with Gasteiger partial charge in [-0.15, -0.1) is 10.2 Å². The zero-order chi connectivity index (χ0) is 24.4. The van der Waals surface area contributed by atoms with Crippen LogP contribution in [-0.4, -0.2) is 32.3 Å². The van der Waals surface area contributed by atoms with Crippen molar-refractivity contribution in [3.05, 3.63) is 59.6 Å². The van der Waals surface area contributed by atoms with Gasteiger partial charge >= 0.3 is 6.18 Å². The molecule has 1 N–H and O–H groups in total. The molecule has 1 aliphatic carbocycles. The van der Waals surface area contributed by atoms with Crippen LogP contribution in [0, 0.1) is 28.9 Å². The summed E-state index contributed by atoms with van der Waals surface area (Å²) in [6, 6.07) is 7.36. The van der Waals surface area contributed by atoms with Crippen molar-refractivity contribution in [3.8, 4) is 17.6 Å². The number of nitrogens with zero attached hydrogens (tertiary/aromatic N) is 4. The average molecular weight is 485 g/mol. The molecule has 0 saturated heterocycles. The number of alkyl halides is 3. The SMILES string of the molecule is Fc1ccc2c(c(C3CCNc4cccc(C#CC5(C(F)(F)F)CC5)c4O3)nc3nncn32)c1F. The fraction of sp³-hybridized carbons (Fsp3) is 0.292. The van der Waals surface area contributed by atoms with E-state index >= 15 is 4.39 Å². The molecule has 1 saturated carbocycles. The van der Waals surface area contributed by atoms with Gasteiger partial charge in [-0.25, -0.2) is 13.8 Å². The van der Waals surface area contributed by atoms with Crippen LogP contribution >= 0.6 is 0 Å². The summed E-state index contributed by atoms with van der Waals surface area (Å²) in [6.45, 7) is 0.388. The van der Waals surface area contributed by atoms with E-state index in [-0.39, 0.29) is 41.0 Å². The standard InChI is InChI=1S/C24H16F5N5O/c25-14-4-5-16-18(19(14)26)20(32-22-33-31-12-34(16)22)17-7-11-30-15-3-1-2-13(21(15)35-17)6-8-23(9-10-23)24(27,28)29/h1-5,12,17,30H,7,9-11H2. The van der Waals surface area contributed by atoms with Gasteiger partial charge in [-0.3, -0.25) is 4.40 Å². The van der Waals surface area contributed by atoms with Crippen molar-refractivity contribution in [2.45, 2.75) is 31.5 Å². The Morgan fingerprint density at radius 2 is 1.97 bits per heavy atom. The first-order valence-corrected chi connectivity index (χ1v) is 10.9. The van der Waals surface area contributed by atoms with E-state index in [1.54, 1.807) is 18.2 Å². The third kappa shape index (κ3) is 3.43. The molecular weight excluding hydrogens is 469 g/mol. The Bertz CT molecular complexity index is 1550. The number of para-hydroxylation sites is 1. The smallest absolute Gasteiger partial charge is 0.405 e. The first-order chi connectivity index (χ1) is 16.8. The third-order valence-corrected chi connectivity index (χ3v) is 6.37. The van der Waals surface area contributed by atoms with E-state index < -0.39 is 29.3 Å². The summed E-state index contributed by atoms with van der Waals surface area (Å²) in [5.41, 5.74) is -0.773. The minimum Gasteiger partial charge on any atom is -0.481 e. The number of halogens is 5. The van der Waals surface area contributed by atoms with Gasteiger partial charge in [0.2, 0.25) is 0 Å². The maximum atomic E-state index is 15.0. The van der Waals surface area contributed by atoms with Crippen molar-refractivity contribution in [1.29, 1.82) is 0 Å². The molecular formula is C24H16F5N5O. The molecule has 1 atom stereocenters. The highest BCUT2D eigenvalue weighted by molar-refractivity contribution is 5.84. The molecule has 2 aromatic heterocycles. The van der Waals surface area contributed by atoms with E-state index in [0.29, 0.717) is 24.2 Å². The number of hydrogen-bond acceptors (Lipinski definition) is 5. The molecule has 0 radical (unpaired) electrons. The molecule has 1 fully saturated rings. The Kier molecular flexibility index (Phi) is 4.64. The average Bonchev–Trinajstić information content (AvgIpc) is 3.54. The number of fused-ring (bicyclic) bond motifs is 4. The summed E-state index contributed by atoms with van der Waals surface area (Å²) in [4.78, 5) is 4.41. The summed E-state index contributed by atoms with van der Waals surface area (Å²) in [7, 11) is 0. The van der Waals surface area contributed by atoms with Crippen molar-refractivity contribution >= 4 is 22.4 Å². The molecule has 2 aliphatic rings. The molecule has 6 rings (SSSR count). The molecule has 0 spiro atoms. The molecule has 0 bridgehead atoms. The lowest BCUT2D eigenvalue weighted by atomic mass is 10.1. The van der Waals surface area contributed by atoms with Gasteiger partial charge in [-0.1, -0.05) is 17.9 Å². The first kappa shape index (κ1) is 21.6. The predicted molar refractivity (Wildman–Crippen MR) is 116 cm³/mol. The van der Waals surface area contributed by atoms with Crippen LogP contribution in [-0.2, 0) is 0 Å². The normalized spacial score (nSPS) is 18.7. The van der Waals surface area contributed by atoms with Crippen LogP contribution in [0.25, 0.3) is 16.7 Å². The molecule has 11 heteroatoms. The molecule has 4 aromatic rings. The Labute approximate surface area is 195 Å². The Morgan fingerprint density at radius 1 is 1.14 bits per heavy atom. The lowest BCUT2D eigenvalue weighted by Crippen LogP contribution is -2.22. The summed E-state index contributed by atoms with van der Waals surface area (Å²) < 4.78 is 77.0. The Morgan fingerprint density at radius 3 is 2.74 bits per heavy atom. The molecule has 178 valence electrons. The van der Waals surface area contributed by atoms with Crippen LogP contribution in [0.4, 0.5) is 27.6 Å². The van der Waals surface area contributed by atoms with Crippen LogP contribution < -0.4 is 10.1 Å². The van der Waals surface area contributed by atoms with Gasteiger partial charge in [0.1, 0.15) is 17.8 Å². The van der Waals surface area contributed by atoms with E-state index in [9.17, 15) is 17.6 Å². The van der Waals surface area contributed by atoms with Gasteiger partial charge in [-0.05, 0) is 37.1 Å². The number of aromatic nitrogens is 4. The number of nitrogens with one attached hydrogen (secondary N) is 1. The van der Waals surface area contributed by atoms with Crippen LogP contribution in [0.2, 0.25) is 0 Å². The van der Waals surface area contributed by atoms with Crippen molar-refractivity contribution in [2.24, 2.45) is 5.41 Å². The van der Waals surface area contributed by atoms with Crippen LogP contribution in [0.1, 0.15) is 36.6 Å². The number of hydrogen-bond donors (Lipinski definition) is 1. The second-order valence-corrected chi connectivity index (χ2v) is 8.59. The highest BCUT2D eigenvalue weighted by Gasteiger charge is 2.62. The van der Waals surface area contributed by atoms with Gasteiger partial charge < -0.3 is 10.1 Å². The molecule has 35 heavy (non-hydrogen) atoms. The van der Waals surface area contributed by atoms with Crippen LogP contribution in [0.3, 0.4) is 0 Å². The summed E-state index contributed by atoms with van der Waals surface area (Å²) in [5, 5.41) is 10.8. The summed E-state index contributed by atoms with van der Waals surface area (Å²) in [6.07, 6.45) is -3.69. The van der Waals surface area contributed by atoms with E-state index in [1.165, 1.54) is 16.8 Å². The fourth-order valence-corrected chi connectivity index (χ4v) is 4.28. The van der Waals surface area contributed by atoms with E-state index in [2.05, 4.69) is 32.3 Å². The molecule has 2 aromatic carbocycles. The summed E-state index contributed by atoms with van der Waals surface area (Å²) in [5.74, 6) is 3.31. The lowest BCUT2D eigenvalue weighted by molar-refractivity contribution is -0.168. The molecule has 1 aliphatic heterocycles. The monoisotopic (exact) mass is 485 g/mol. The van der Waals surface area contributed by atoms with E-state index in [0.717, 1.165) is 6.07 Å². The van der Waals surface area contributed by atoms with Crippen LogP contribution in [0.15, 0.2) is 36.7 Å². The molecule has 3 heterocycles. The topological polar surface area (TPSA) is 64.3 Å². The zero-order valence-electron chi connectivity index (χ0n) is 18.0. The fourth-order valence-electron chi connectivity index (χ4n) is 4.28. The predicted octanol–water partition coefficient (Wildman–Crippen LogP) is 5.19. The third-order valence-electron chi connectivity index (χ3n) is 6.37. The summed E-state index contributed by atoms with van der Waals surface area (Å²) >= 11 is 0. The maximum Gasteiger partial charge on any atom is 0.405 e. The zero-order valence-corrected chi connectivity index (χ0v) is 18.0. The Balaban J connectivity index is 1.48. The number of ether oxygens (including phenoxy) is 1. The second-order valence-electron chi connectivity index (χ2n) is 8.59. The quantitative estimate of drug-likeness (QED) is 0.297. The minimum atomic E-state index is -4.41. The number of rotatable bonds is 1. The maximum absolute atomic E-state index is 15.0. The first-order valence-electron chi connectivity index (χ1n) is 10.9. The van der Waals surface area contributed by atoms with Crippen molar-refractivity contribution in [1.82, 2.24) is 19.6 Å². The molecule has 1 unspecified atom stereocenters. The largest absolute Gasteiger partial charge is 0.481 e. The highest BCUT2D eigenvalue weighted by atomic mass is 19.4. The molecule has 6 nitrogen and oxygen atoms in total. The van der Waals surface area contributed by atoms with Gasteiger partial charge in [-0.2, -0.15) is 13.2 Å². The lowest BCUT2D eigenvalue weighted by Gasteiger charge is -2.20. The number of benzene rings is 2. The minimum absolute atomic E-state index is 0.0423. The van der Waals surface area contributed by atoms with Crippen molar-refractivity contribution in [2.75, 3.05) is 11.9 Å². The van der Waals surface area contributed by atoms with Crippen molar-refractivity contribution in [3.63, 3.8) is 0 Å². The second kappa shape index (κ2) is 7.53. The highest BCUT2D eigenvalue weighted by Crippen LogP contribution is 2.57. The van der Waals surface area contributed by atoms with Crippen LogP contribution in [0.5, 0.6) is 5.75 Å². The van der Waals surface area contributed by atoms with Crippen molar-refractivity contribution < 1.29 is 26.7 Å². The Hall–Kier alpha value is -3.94. The van der Waals surface area contributed by atoms with Gasteiger partial charge in [0.05, 0.1) is 27.8 Å². The van der Waals surface area contributed by atoms with E-state index in [4.69, 9.17) is 4.74 Å². The van der Waals surface area contributed by atoms with Gasteiger partial charge in [0, 0.05) is 13.0 Å². The molecule has 0 amide bonds.